The Hall–Kier alpha value is -1.66. The Morgan fingerprint density at radius 2 is 2.19 bits per heavy atom. The molecule has 0 aliphatic carbocycles. The Bertz CT molecular complexity index is 643. The normalized spacial score (nSPS) is 21.9. The van der Waals surface area contributed by atoms with Crippen molar-refractivity contribution in [3.05, 3.63) is 35.6 Å². The van der Waals surface area contributed by atoms with Crippen LogP contribution in [0.3, 0.4) is 0 Å². The number of likely N-dealkylation sites (tertiary alicyclic amines) is 1. The molecule has 2 unspecified atom stereocenters. The average Bonchev–Trinajstić information content (AvgIpc) is 2.61. The third-order valence-corrected chi connectivity index (χ3v) is 5.13. The van der Waals surface area contributed by atoms with Crippen LogP contribution in [0.15, 0.2) is 24.3 Å². The van der Waals surface area contributed by atoms with Gasteiger partial charge in [-0.1, -0.05) is 19.1 Å². The van der Waals surface area contributed by atoms with E-state index in [4.69, 9.17) is 0 Å². The van der Waals surface area contributed by atoms with Gasteiger partial charge in [-0.25, -0.2) is 4.39 Å². The van der Waals surface area contributed by atoms with E-state index in [-0.39, 0.29) is 42.0 Å². The summed E-state index contributed by atoms with van der Waals surface area (Å²) in [7, 11) is 0. The van der Waals surface area contributed by atoms with Gasteiger partial charge in [0.1, 0.15) is 5.82 Å². The van der Waals surface area contributed by atoms with Crippen molar-refractivity contribution >= 4 is 24.2 Å². The van der Waals surface area contributed by atoms with E-state index in [0.29, 0.717) is 26.1 Å². The lowest BCUT2D eigenvalue weighted by Crippen LogP contribution is -2.58. The standard InChI is InChI=1S/C19H26FN3O2.ClH/c1-14(10-15-4-2-5-16(20)11-15)19(25)22-8-3-6-17(13-22)23-9-7-21-12-18(23)24;/h2,4-5,11,14,17,21H,3,6-10,12-13H2,1H3;1H. The fraction of sp³-hybridized carbons (Fsp3) is 0.579. The molecule has 0 spiro atoms. The number of nitrogens with zero attached hydrogens (tertiary/aromatic N) is 2. The number of benzene rings is 1. The van der Waals surface area contributed by atoms with Crippen molar-refractivity contribution in [2.75, 3.05) is 32.7 Å². The first kappa shape index (κ1) is 20.6. The molecule has 0 aromatic heterocycles. The first-order chi connectivity index (χ1) is 12.0. The summed E-state index contributed by atoms with van der Waals surface area (Å²) in [6.45, 7) is 5.16. The molecule has 3 rings (SSSR count). The Morgan fingerprint density at radius 3 is 2.92 bits per heavy atom. The molecule has 2 aliphatic rings. The van der Waals surface area contributed by atoms with Crippen LogP contribution in [0.25, 0.3) is 0 Å². The Balaban J connectivity index is 0.00000243. The minimum Gasteiger partial charge on any atom is -0.340 e. The van der Waals surface area contributed by atoms with Crippen molar-refractivity contribution in [1.29, 1.82) is 0 Å². The monoisotopic (exact) mass is 383 g/mol. The third-order valence-electron chi connectivity index (χ3n) is 5.13. The number of piperidine rings is 1. The predicted molar refractivity (Wildman–Crippen MR) is 101 cm³/mol. The molecular weight excluding hydrogens is 357 g/mol. The molecule has 2 heterocycles. The molecule has 144 valence electrons. The summed E-state index contributed by atoms with van der Waals surface area (Å²) in [5.74, 6) is -0.249. The molecular formula is C19H27ClFN3O2. The Labute approximate surface area is 160 Å². The highest BCUT2D eigenvalue weighted by molar-refractivity contribution is 5.85. The molecule has 7 heteroatoms. The molecule has 2 aliphatic heterocycles. The van der Waals surface area contributed by atoms with Gasteiger partial charge in [-0.15, -0.1) is 12.4 Å². The van der Waals surface area contributed by atoms with Crippen LogP contribution in [0.5, 0.6) is 0 Å². The van der Waals surface area contributed by atoms with Gasteiger partial charge in [0, 0.05) is 38.1 Å². The summed E-state index contributed by atoms with van der Waals surface area (Å²) < 4.78 is 13.3. The fourth-order valence-electron chi connectivity index (χ4n) is 3.83. The minimum atomic E-state index is -0.271. The van der Waals surface area contributed by atoms with Crippen molar-refractivity contribution in [3.63, 3.8) is 0 Å². The molecule has 2 amide bonds. The zero-order valence-corrected chi connectivity index (χ0v) is 15.9. The molecule has 0 saturated carbocycles. The summed E-state index contributed by atoms with van der Waals surface area (Å²) in [4.78, 5) is 28.7. The van der Waals surface area contributed by atoms with Gasteiger partial charge < -0.3 is 15.1 Å². The first-order valence-corrected chi connectivity index (χ1v) is 9.08. The topological polar surface area (TPSA) is 52.7 Å². The van der Waals surface area contributed by atoms with Crippen LogP contribution < -0.4 is 5.32 Å². The average molecular weight is 384 g/mol. The summed E-state index contributed by atoms with van der Waals surface area (Å²) in [6, 6.07) is 6.55. The predicted octanol–water partition coefficient (Wildman–Crippen LogP) is 1.85. The molecule has 5 nitrogen and oxygen atoms in total. The molecule has 2 atom stereocenters. The molecule has 1 N–H and O–H groups in total. The van der Waals surface area contributed by atoms with E-state index in [1.54, 1.807) is 6.07 Å². The molecule has 2 saturated heterocycles. The lowest BCUT2D eigenvalue weighted by molar-refractivity contribution is -0.142. The lowest BCUT2D eigenvalue weighted by Gasteiger charge is -2.41. The van der Waals surface area contributed by atoms with E-state index in [1.807, 2.05) is 22.8 Å². The molecule has 26 heavy (non-hydrogen) atoms. The van der Waals surface area contributed by atoms with Crippen LogP contribution in [0.1, 0.15) is 25.3 Å². The van der Waals surface area contributed by atoms with Gasteiger partial charge in [-0.3, -0.25) is 9.59 Å². The highest BCUT2D eigenvalue weighted by Crippen LogP contribution is 2.20. The summed E-state index contributed by atoms with van der Waals surface area (Å²) in [5, 5.41) is 3.09. The van der Waals surface area contributed by atoms with Gasteiger partial charge >= 0.3 is 0 Å². The Morgan fingerprint density at radius 1 is 1.38 bits per heavy atom. The van der Waals surface area contributed by atoms with Gasteiger partial charge in [-0.05, 0) is 37.0 Å². The number of halogens is 2. The summed E-state index contributed by atoms with van der Waals surface area (Å²) >= 11 is 0. The highest BCUT2D eigenvalue weighted by Gasteiger charge is 2.32. The van der Waals surface area contributed by atoms with E-state index < -0.39 is 0 Å². The SMILES string of the molecule is CC(Cc1cccc(F)c1)C(=O)N1CCCC(N2CCNCC2=O)C1.Cl. The van der Waals surface area contributed by atoms with E-state index in [9.17, 15) is 14.0 Å². The van der Waals surface area contributed by atoms with Crippen molar-refractivity contribution < 1.29 is 14.0 Å². The van der Waals surface area contributed by atoms with Crippen LogP contribution >= 0.6 is 12.4 Å². The summed E-state index contributed by atoms with van der Waals surface area (Å²) in [5.41, 5.74) is 0.840. The number of hydrogen-bond donors (Lipinski definition) is 1. The van der Waals surface area contributed by atoms with Crippen molar-refractivity contribution in [1.82, 2.24) is 15.1 Å². The number of amides is 2. The number of piperazine rings is 1. The maximum Gasteiger partial charge on any atom is 0.236 e. The van der Waals surface area contributed by atoms with E-state index >= 15 is 0 Å². The molecule has 1 aromatic carbocycles. The smallest absolute Gasteiger partial charge is 0.236 e. The van der Waals surface area contributed by atoms with Crippen LogP contribution in [-0.2, 0) is 16.0 Å². The zero-order chi connectivity index (χ0) is 17.8. The molecule has 0 radical (unpaired) electrons. The summed E-state index contributed by atoms with van der Waals surface area (Å²) in [6.07, 6.45) is 2.40. The lowest BCUT2D eigenvalue weighted by atomic mass is 9.97. The number of carbonyl (C=O) groups is 2. The van der Waals surface area contributed by atoms with Crippen molar-refractivity contribution in [2.45, 2.75) is 32.2 Å². The zero-order valence-electron chi connectivity index (χ0n) is 15.1. The second kappa shape index (κ2) is 9.33. The van der Waals surface area contributed by atoms with Crippen LogP contribution in [-0.4, -0.2) is 60.4 Å². The second-order valence-electron chi connectivity index (χ2n) is 7.08. The van der Waals surface area contributed by atoms with Gasteiger partial charge in [-0.2, -0.15) is 0 Å². The van der Waals surface area contributed by atoms with Crippen LogP contribution in [0, 0.1) is 11.7 Å². The quantitative estimate of drug-likeness (QED) is 0.863. The van der Waals surface area contributed by atoms with Gasteiger partial charge in [0.15, 0.2) is 0 Å². The fourth-order valence-corrected chi connectivity index (χ4v) is 3.83. The number of rotatable bonds is 4. The minimum absolute atomic E-state index is 0. The van der Waals surface area contributed by atoms with E-state index in [0.717, 1.165) is 31.5 Å². The third kappa shape index (κ3) is 4.95. The Kier molecular flexibility index (Phi) is 7.41. The van der Waals surface area contributed by atoms with Gasteiger partial charge in [0.05, 0.1) is 6.54 Å². The number of nitrogens with one attached hydrogen (secondary N) is 1. The second-order valence-corrected chi connectivity index (χ2v) is 7.08. The molecule has 0 bridgehead atoms. The van der Waals surface area contributed by atoms with E-state index in [2.05, 4.69) is 5.32 Å². The molecule has 1 aromatic rings. The van der Waals surface area contributed by atoms with Crippen molar-refractivity contribution in [2.24, 2.45) is 5.92 Å². The van der Waals surface area contributed by atoms with Crippen molar-refractivity contribution in [3.8, 4) is 0 Å². The van der Waals surface area contributed by atoms with Crippen LogP contribution in [0.2, 0.25) is 0 Å². The van der Waals surface area contributed by atoms with Gasteiger partial charge in [0.2, 0.25) is 11.8 Å². The first-order valence-electron chi connectivity index (χ1n) is 9.08. The van der Waals surface area contributed by atoms with Gasteiger partial charge in [0.25, 0.3) is 0 Å². The maximum atomic E-state index is 13.3. The maximum absolute atomic E-state index is 13.3. The number of carbonyl (C=O) groups excluding carboxylic acids is 2. The van der Waals surface area contributed by atoms with E-state index in [1.165, 1.54) is 12.1 Å². The molecule has 2 fully saturated rings. The largest absolute Gasteiger partial charge is 0.340 e. The number of hydrogen-bond acceptors (Lipinski definition) is 3. The van der Waals surface area contributed by atoms with Crippen LogP contribution in [0.4, 0.5) is 4.39 Å². The highest BCUT2D eigenvalue weighted by atomic mass is 35.5.